The van der Waals surface area contributed by atoms with E-state index < -0.39 is 6.04 Å². The first-order chi connectivity index (χ1) is 9.54. The van der Waals surface area contributed by atoms with Crippen molar-refractivity contribution < 1.29 is 9.53 Å². The number of carbonyl (C=O) groups is 1. The fourth-order valence-corrected chi connectivity index (χ4v) is 1.97. The lowest BCUT2D eigenvalue weighted by molar-refractivity contribution is -0.146. The summed E-state index contributed by atoms with van der Waals surface area (Å²) in [5, 5.41) is 0. The van der Waals surface area contributed by atoms with Gasteiger partial charge in [-0.1, -0.05) is 34.6 Å². The molecule has 1 unspecified atom stereocenters. The van der Waals surface area contributed by atoms with E-state index in [1.54, 1.807) is 0 Å². The van der Waals surface area contributed by atoms with Crippen molar-refractivity contribution in [1.82, 2.24) is 9.80 Å². The van der Waals surface area contributed by atoms with Gasteiger partial charge in [-0.3, -0.25) is 9.69 Å². The molecule has 0 aromatic carbocycles. The Hall–Kier alpha value is -0.650. The summed E-state index contributed by atoms with van der Waals surface area (Å²) >= 11 is 0. The predicted octanol–water partition coefficient (Wildman–Crippen LogP) is 1.18. The smallest absolute Gasteiger partial charge is 0.323 e. The molecule has 0 aromatic heterocycles. The van der Waals surface area contributed by atoms with E-state index in [0.717, 1.165) is 39.3 Å². The molecule has 0 aliphatic carbocycles. The molecule has 0 saturated carbocycles. The van der Waals surface area contributed by atoms with Crippen LogP contribution in [0.4, 0.5) is 0 Å². The Labute approximate surface area is 124 Å². The summed E-state index contributed by atoms with van der Waals surface area (Å²) in [5.41, 5.74) is 5.72. The second kappa shape index (κ2) is 11.1. The first-order valence-electron chi connectivity index (χ1n) is 7.91. The molecule has 2 N–H and O–H groups in total. The monoisotopic (exact) mass is 287 g/mol. The van der Waals surface area contributed by atoms with Crippen LogP contribution in [0.25, 0.3) is 0 Å². The van der Waals surface area contributed by atoms with Gasteiger partial charge in [0.25, 0.3) is 0 Å². The van der Waals surface area contributed by atoms with E-state index in [4.69, 9.17) is 10.5 Å². The van der Waals surface area contributed by atoms with Gasteiger partial charge >= 0.3 is 5.97 Å². The van der Waals surface area contributed by atoms with Crippen LogP contribution in [0.2, 0.25) is 0 Å². The molecule has 0 spiro atoms. The normalized spacial score (nSPS) is 18.4. The van der Waals surface area contributed by atoms with Crippen molar-refractivity contribution in [2.24, 2.45) is 11.7 Å². The molecule has 1 heterocycles. The molecule has 0 aromatic rings. The first-order valence-corrected chi connectivity index (χ1v) is 7.91. The molecule has 1 fully saturated rings. The Morgan fingerprint density at radius 3 is 2.10 bits per heavy atom. The van der Waals surface area contributed by atoms with Crippen molar-refractivity contribution in [2.45, 2.75) is 40.7 Å². The van der Waals surface area contributed by atoms with Crippen molar-refractivity contribution in [3.05, 3.63) is 0 Å². The fourth-order valence-electron chi connectivity index (χ4n) is 1.97. The Morgan fingerprint density at radius 1 is 1.15 bits per heavy atom. The minimum Gasteiger partial charge on any atom is -0.463 e. The van der Waals surface area contributed by atoms with Crippen LogP contribution in [0.1, 0.15) is 34.6 Å². The zero-order valence-corrected chi connectivity index (χ0v) is 13.9. The fraction of sp³-hybridized carbons (Fsp3) is 0.933. The molecule has 1 rings (SSSR count). The van der Waals surface area contributed by atoms with E-state index in [0.29, 0.717) is 6.61 Å². The van der Waals surface area contributed by atoms with Crippen molar-refractivity contribution in [3.63, 3.8) is 0 Å². The second-order valence-electron chi connectivity index (χ2n) is 5.21. The van der Waals surface area contributed by atoms with Crippen LogP contribution in [-0.2, 0) is 9.53 Å². The molecular weight excluding hydrogens is 254 g/mol. The summed E-state index contributed by atoms with van der Waals surface area (Å²) in [4.78, 5) is 16.3. The summed E-state index contributed by atoms with van der Waals surface area (Å²) in [6, 6.07) is -0.498. The van der Waals surface area contributed by atoms with Crippen LogP contribution in [0.5, 0.6) is 0 Å². The standard InChI is InChI=1S/C13H27N3O2.C2H6/c1-4-15-5-7-16(8-6-15)9-10-18-13(17)12(14)11(2)3;1-2/h11-12H,4-10,14H2,1-3H3;1-2H3. The lowest BCUT2D eigenvalue weighted by Crippen LogP contribution is -2.47. The van der Waals surface area contributed by atoms with Crippen LogP contribution in [-0.4, -0.2) is 67.7 Å². The first kappa shape index (κ1) is 19.4. The molecule has 20 heavy (non-hydrogen) atoms. The predicted molar refractivity (Wildman–Crippen MR) is 83.7 cm³/mol. The highest BCUT2D eigenvalue weighted by Gasteiger charge is 2.19. The number of hydrogen-bond donors (Lipinski definition) is 1. The topological polar surface area (TPSA) is 58.8 Å². The van der Waals surface area contributed by atoms with Gasteiger partial charge in [0.2, 0.25) is 0 Å². The average Bonchev–Trinajstić information content (AvgIpc) is 2.49. The van der Waals surface area contributed by atoms with Crippen molar-refractivity contribution in [1.29, 1.82) is 0 Å². The Balaban J connectivity index is 0.00000172. The molecule has 1 aliphatic heterocycles. The lowest BCUT2D eigenvalue weighted by Gasteiger charge is -2.33. The third kappa shape index (κ3) is 7.22. The number of nitrogens with zero attached hydrogens (tertiary/aromatic N) is 2. The van der Waals surface area contributed by atoms with Crippen LogP contribution in [0, 0.1) is 5.92 Å². The highest BCUT2D eigenvalue weighted by Crippen LogP contribution is 2.03. The maximum atomic E-state index is 11.6. The number of nitrogens with two attached hydrogens (primary N) is 1. The highest BCUT2D eigenvalue weighted by atomic mass is 16.5. The zero-order valence-electron chi connectivity index (χ0n) is 13.9. The molecule has 1 aliphatic rings. The Kier molecular flexibility index (Phi) is 10.7. The van der Waals surface area contributed by atoms with Crippen LogP contribution in [0.3, 0.4) is 0 Å². The van der Waals surface area contributed by atoms with E-state index in [2.05, 4.69) is 16.7 Å². The van der Waals surface area contributed by atoms with Gasteiger partial charge in [0.05, 0.1) is 0 Å². The maximum absolute atomic E-state index is 11.6. The van der Waals surface area contributed by atoms with Crippen molar-refractivity contribution in [2.75, 3.05) is 45.9 Å². The molecule has 1 saturated heterocycles. The van der Waals surface area contributed by atoms with E-state index in [-0.39, 0.29) is 11.9 Å². The molecule has 5 heteroatoms. The summed E-state index contributed by atoms with van der Waals surface area (Å²) in [7, 11) is 0. The van der Waals surface area contributed by atoms with E-state index in [1.807, 2.05) is 27.7 Å². The van der Waals surface area contributed by atoms with Crippen molar-refractivity contribution >= 4 is 5.97 Å². The Morgan fingerprint density at radius 2 is 1.65 bits per heavy atom. The third-order valence-electron chi connectivity index (χ3n) is 3.55. The van der Waals surface area contributed by atoms with Gasteiger partial charge in [0, 0.05) is 32.7 Å². The minimum absolute atomic E-state index is 0.130. The summed E-state index contributed by atoms with van der Waals surface area (Å²) in [5.74, 6) is -0.150. The zero-order chi connectivity index (χ0) is 15.5. The quantitative estimate of drug-likeness (QED) is 0.743. The van der Waals surface area contributed by atoms with Gasteiger partial charge in [-0.15, -0.1) is 0 Å². The minimum atomic E-state index is -0.498. The van der Waals surface area contributed by atoms with Crippen LogP contribution in [0.15, 0.2) is 0 Å². The maximum Gasteiger partial charge on any atom is 0.323 e. The average molecular weight is 287 g/mol. The van der Waals surface area contributed by atoms with E-state index in [1.165, 1.54) is 0 Å². The molecule has 1 atom stereocenters. The summed E-state index contributed by atoms with van der Waals surface area (Å²) in [6.45, 7) is 16.7. The van der Waals surface area contributed by atoms with Crippen LogP contribution < -0.4 is 5.73 Å². The van der Waals surface area contributed by atoms with Gasteiger partial charge in [0.15, 0.2) is 0 Å². The number of piperazine rings is 1. The van der Waals surface area contributed by atoms with E-state index in [9.17, 15) is 4.79 Å². The molecule has 5 nitrogen and oxygen atoms in total. The SMILES string of the molecule is CC.CCN1CCN(CCOC(=O)C(N)C(C)C)CC1. The number of likely N-dealkylation sites (N-methyl/N-ethyl adjacent to an activating group) is 1. The van der Waals surface area contributed by atoms with Gasteiger partial charge in [-0.05, 0) is 12.5 Å². The molecule has 120 valence electrons. The number of rotatable bonds is 6. The molecule has 0 radical (unpaired) electrons. The molecule has 0 amide bonds. The number of ether oxygens (including phenoxy) is 1. The summed E-state index contributed by atoms with van der Waals surface area (Å²) < 4.78 is 5.20. The number of esters is 1. The number of carbonyl (C=O) groups excluding carboxylic acids is 1. The van der Waals surface area contributed by atoms with Gasteiger partial charge in [-0.2, -0.15) is 0 Å². The van der Waals surface area contributed by atoms with E-state index >= 15 is 0 Å². The van der Waals surface area contributed by atoms with Gasteiger partial charge < -0.3 is 15.4 Å². The second-order valence-corrected chi connectivity index (χ2v) is 5.21. The van der Waals surface area contributed by atoms with Gasteiger partial charge in [-0.25, -0.2) is 0 Å². The molecule has 0 bridgehead atoms. The molecular formula is C15H33N3O2. The Bertz CT molecular complexity index is 252. The lowest BCUT2D eigenvalue weighted by atomic mass is 10.1. The third-order valence-corrected chi connectivity index (χ3v) is 3.55. The summed E-state index contributed by atoms with van der Waals surface area (Å²) in [6.07, 6.45) is 0. The van der Waals surface area contributed by atoms with Gasteiger partial charge in [0.1, 0.15) is 12.6 Å². The van der Waals surface area contributed by atoms with Crippen LogP contribution >= 0.6 is 0 Å². The number of hydrogen-bond acceptors (Lipinski definition) is 5. The van der Waals surface area contributed by atoms with Crippen molar-refractivity contribution in [3.8, 4) is 0 Å². The largest absolute Gasteiger partial charge is 0.463 e. The highest BCUT2D eigenvalue weighted by molar-refractivity contribution is 5.75.